The van der Waals surface area contributed by atoms with E-state index in [-0.39, 0.29) is 23.5 Å². The van der Waals surface area contributed by atoms with Crippen molar-refractivity contribution in [3.05, 3.63) is 59.1 Å². The van der Waals surface area contributed by atoms with Crippen molar-refractivity contribution in [3.63, 3.8) is 0 Å². The fourth-order valence-electron chi connectivity index (χ4n) is 3.20. The van der Waals surface area contributed by atoms with Gasteiger partial charge in [-0.2, -0.15) is 17.5 Å². The van der Waals surface area contributed by atoms with Gasteiger partial charge in [-0.05, 0) is 55.3 Å². The molecule has 1 saturated heterocycles. The van der Waals surface area contributed by atoms with Gasteiger partial charge in [0.05, 0.1) is 10.5 Å². The molecule has 0 unspecified atom stereocenters. The minimum absolute atomic E-state index is 0.000619. The molecule has 2 aromatic rings. The Morgan fingerprint density at radius 3 is 2.45 bits per heavy atom. The molecule has 3 rings (SSSR count). The standard InChI is InChI=1S/C19H18ClF3N2O3S/c20-14-7-9-16(10-8-14)29(27,28)25-11-2-1-6-17(25)18(26)24-15-5-3-4-13(12-15)19(21,22)23/h3-5,7-10,12,17H,1-2,6,11H2,(H,24,26)/t17-/m0/s1. The van der Waals surface area contributed by atoms with E-state index in [1.54, 1.807) is 0 Å². The first-order chi connectivity index (χ1) is 13.6. The normalized spacial score (nSPS) is 18.4. The Kier molecular flexibility index (Phi) is 6.21. The van der Waals surface area contributed by atoms with Gasteiger partial charge in [0.15, 0.2) is 0 Å². The molecule has 29 heavy (non-hydrogen) atoms. The van der Waals surface area contributed by atoms with Gasteiger partial charge in [0.2, 0.25) is 15.9 Å². The molecule has 0 spiro atoms. The van der Waals surface area contributed by atoms with Gasteiger partial charge in [-0.25, -0.2) is 8.42 Å². The van der Waals surface area contributed by atoms with E-state index in [1.165, 1.54) is 36.4 Å². The highest BCUT2D eigenvalue weighted by molar-refractivity contribution is 7.89. The van der Waals surface area contributed by atoms with Crippen molar-refractivity contribution in [2.75, 3.05) is 11.9 Å². The second-order valence-corrected chi connectivity index (χ2v) is 8.98. The fourth-order valence-corrected chi connectivity index (χ4v) is 4.98. The summed E-state index contributed by atoms with van der Waals surface area (Å²) in [6.07, 6.45) is -3.05. The third-order valence-corrected chi connectivity index (χ3v) is 6.81. The quantitative estimate of drug-likeness (QED) is 0.749. The maximum Gasteiger partial charge on any atom is 0.416 e. The van der Waals surface area contributed by atoms with Crippen molar-refractivity contribution in [1.29, 1.82) is 0 Å². The zero-order valence-electron chi connectivity index (χ0n) is 15.1. The summed E-state index contributed by atoms with van der Waals surface area (Å²) >= 11 is 5.81. The van der Waals surface area contributed by atoms with Crippen molar-refractivity contribution in [1.82, 2.24) is 4.31 Å². The van der Waals surface area contributed by atoms with Crippen LogP contribution in [0.15, 0.2) is 53.4 Å². The highest BCUT2D eigenvalue weighted by Gasteiger charge is 2.38. The first kappa shape index (κ1) is 21.6. The third-order valence-electron chi connectivity index (χ3n) is 4.63. The van der Waals surface area contributed by atoms with E-state index in [4.69, 9.17) is 11.6 Å². The molecule has 1 heterocycles. The zero-order valence-corrected chi connectivity index (χ0v) is 16.7. The van der Waals surface area contributed by atoms with E-state index in [1.807, 2.05) is 0 Å². The largest absolute Gasteiger partial charge is 0.416 e. The summed E-state index contributed by atoms with van der Waals surface area (Å²) in [4.78, 5) is 12.8. The summed E-state index contributed by atoms with van der Waals surface area (Å²) in [5.41, 5.74) is -0.941. The highest BCUT2D eigenvalue weighted by Crippen LogP contribution is 2.31. The lowest BCUT2D eigenvalue weighted by Crippen LogP contribution is -2.49. The van der Waals surface area contributed by atoms with Crippen LogP contribution >= 0.6 is 11.6 Å². The molecule has 0 aliphatic carbocycles. The monoisotopic (exact) mass is 446 g/mol. The van der Waals surface area contributed by atoms with Crippen molar-refractivity contribution in [2.24, 2.45) is 0 Å². The van der Waals surface area contributed by atoms with Gasteiger partial charge in [-0.3, -0.25) is 4.79 Å². The molecule has 1 aliphatic rings. The Bertz CT molecular complexity index is 995. The van der Waals surface area contributed by atoms with Crippen molar-refractivity contribution in [2.45, 2.75) is 36.4 Å². The number of amides is 1. The number of nitrogens with zero attached hydrogens (tertiary/aromatic N) is 1. The van der Waals surface area contributed by atoms with Crippen LogP contribution in [-0.2, 0) is 21.0 Å². The minimum Gasteiger partial charge on any atom is -0.325 e. The van der Waals surface area contributed by atoms with Gasteiger partial charge in [-0.15, -0.1) is 0 Å². The minimum atomic E-state index is -4.55. The topological polar surface area (TPSA) is 66.5 Å². The number of alkyl halides is 3. The second-order valence-electron chi connectivity index (χ2n) is 6.65. The Labute approximate surface area is 171 Å². The molecule has 0 radical (unpaired) electrons. The van der Waals surface area contributed by atoms with E-state index in [2.05, 4.69) is 5.32 Å². The summed E-state index contributed by atoms with van der Waals surface area (Å²) < 4.78 is 65.8. The van der Waals surface area contributed by atoms with Crippen LogP contribution in [0.5, 0.6) is 0 Å². The zero-order chi connectivity index (χ0) is 21.2. The first-order valence-electron chi connectivity index (χ1n) is 8.84. The van der Waals surface area contributed by atoms with E-state index < -0.39 is 33.7 Å². The van der Waals surface area contributed by atoms with Gasteiger partial charge in [0, 0.05) is 17.3 Å². The van der Waals surface area contributed by atoms with Gasteiger partial charge < -0.3 is 5.32 Å². The molecule has 2 aromatic carbocycles. The molecule has 1 atom stereocenters. The molecule has 0 bridgehead atoms. The van der Waals surface area contributed by atoms with Crippen LogP contribution in [0.1, 0.15) is 24.8 Å². The van der Waals surface area contributed by atoms with Crippen LogP contribution in [0.3, 0.4) is 0 Å². The van der Waals surface area contributed by atoms with Crippen molar-refractivity contribution < 1.29 is 26.4 Å². The molecule has 5 nitrogen and oxygen atoms in total. The van der Waals surface area contributed by atoms with E-state index >= 15 is 0 Å². The average Bonchev–Trinajstić information content (AvgIpc) is 2.68. The van der Waals surface area contributed by atoms with Crippen molar-refractivity contribution in [3.8, 4) is 0 Å². The van der Waals surface area contributed by atoms with E-state index in [0.29, 0.717) is 17.9 Å². The van der Waals surface area contributed by atoms with Crippen LogP contribution in [0.4, 0.5) is 18.9 Å². The number of nitrogens with one attached hydrogen (secondary N) is 1. The summed E-state index contributed by atoms with van der Waals surface area (Å²) in [6.45, 7) is 0.144. The predicted molar refractivity (Wildman–Crippen MR) is 103 cm³/mol. The number of halogens is 4. The van der Waals surface area contributed by atoms with Crippen LogP contribution in [0.25, 0.3) is 0 Å². The van der Waals surface area contributed by atoms with Crippen LogP contribution in [-0.4, -0.2) is 31.2 Å². The number of carbonyl (C=O) groups excluding carboxylic acids is 1. The van der Waals surface area contributed by atoms with Crippen LogP contribution in [0, 0.1) is 0 Å². The molecule has 0 saturated carbocycles. The average molecular weight is 447 g/mol. The summed E-state index contributed by atoms with van der Waals surface area (Å²) in [5, 5.41) is 2.80. The SMILES string of the molecule is O=C(Nc1cccc(C(F)(F)F)c1)[C@@H]1CCCCN1S(=O)(=O)c1ccc(Cl)cc1. The number of carbonyl (C=O) groups is 1. The van der Waals surface area contributed by atoms with E-state index in [9.17, 15) is 26.4 Å². The number of rotatable bonds is 4. The molecular formula is C19H18ClF3N2O3S. The molecule has 1 amide bonds. The van der Waals surface area contributed by atoms with Gasteiger partial charge >= 0.3 is 6.18 Å². The van der Waals surface area contributed by atoms with Crippen LogP contribution < -0.4 is 5.32 Å². The Hall–Kier alpha value is -2.10. The third kappa shape index (κ3) is 4.91. The highest BCUT2D eigenvalue weighted by atomic mass is 35.5. The summed E-state index contributed by atoms with van der Waals surface area (Å²) in [5.74, 6) is -0.665. The smallest absolute Gasteiger partial charge is 0.325 e. The van der Waals surface area contributed by atoms with Crippen molar-refractivity contribution >= 4 is 33.2 Å². The fraction of sp³-hybridized carbons (Fsp3) is 0.316. The summed E-state index contributed by atoms with van der Waals surface area (Å²) in [6, 6.07) is 8.80. The molecule has 1 fully saturated rings. The van der Waals surface area contributed by atoms with Crippen LogP contribution in [0.2, 0.25) is 5.02 Å². The second kappa shape index (κ2) is 8.33. The number of sulfonamides is 1. The van der Waals surface area contributed by atoms with Gasteiger partial charge in [0.25, 0.3) is 0 Å². The lowest BCUT2D eigenvalue weighted by atomic mass is 10.0. The Morgan fingerprint density at radius 1 is 1.10 bits per heavy atom. The number of hydrogen-bond donors (Lipinski definition) is 1. The molecule has 156 valence electrons. The maximum atomic E-state index is 13.0. The molecule has 10 heteroatoms. The lowest BCUT2D eigenvalue weighted by Gasteiger charge is -2.33. The predicted octanol–water partition coefficient (Wildman–Crippen LogP) is 4.54. The Balaban J connectivity index is 1.84. The molecule has 1 N–H and O–H groups in total. The van der Waals surface area contributed by atoms with E-state index in [0.717, 1.165) is 16.4 Å². The number of piperidine rings is 1. The molecule has 0 aromatic heterocycles. The number of benzene rings is 2. The lowest BCUT2D eigenvalue weighted by molar-refractivity contribution is -0.137. The maximum absolute atomic E-state index is 13.0. The molecule has 1 aliphatic heterocycles. The Morgan fingerprint density at radius 2 is 1.79 bits per heavy atom. The number of hydrogen-bond acceptors (Lipinski definition) is 3. The summed E-state index contributed by atoms with van der Waals surface area (Å²) in [7, 11) is -3.96. The number of anilines is 1. The van der Waals surface area contributed by atoms with Gasteiger partial charge in [0.1, 0.15) is 6.04 Å². The van der Waals surface area contributed by atoms with Gasteiger partial charge in [-0.1, -0.05) is 24.1 Å². The first-order valence-corrected chi connectivity index (χ1v) is 10.7. The molecular weight excluding hydrogens is 429 g/mol.